The molecule has 13 heteroatoms. The van der Waals surface area contributed by atoms with E-state index in [1.807, 2.05) is 0 Å². The molecule has 2 heterocycles. The van der Waals surface area contributed by atoms with Crippen LogP contribution in [-0.4, -0.2) is 78.0 Å². The van der Waals surface area contributed by atoms with E-state index >= 15 is 0 Å². The first kappa shape index (κ1) is 33.0. The molecule has 1 aliphatic rings. The van der Waals surface area contributed by atoms with Crippen LogP contribution >= 0.6 is 0 Å². The van der Waals surface area contributed by atoms with Crippen molar-refractivity contribution in [3.8, 4) is 0 Å². The van der Waals surface area contributed by atoms with E-state index in [9.17, 15) is 28.4 Å². The summed E-state index contributed by atoms with van der Waals surface area (Å²) in [7, 11) is 1.67. The van der Waals surface area contributed by atoms with Crippen LogP contribution < -0.4 is 16.0 Å². The largest absolute Gasteiger partial charge is 0.463 e. The highest BCUT2D eigenvalue weighted by Gasteiger charge is 2.29. The molecule has 1 aliphatic heterocycles. The Morgan fingerprint density at radius 2 is 1.88 bits per heavy atom. The van der Waals surface area contributed by atoms with E-state index in [0.717, 1.165) is 0 Å². The van der Waals surface area contributed by atoms with Gasteiger partial charge in [0.15, 0.2) is 5.69 Å². The lowest BCUT2D eigenvalue weighted by Crippen LogP contribution is -2.55. The standard InChI is InChI=1S/C30H38FN5O7/c1-4-42-27(38)15-13-22-12-14-26(37)36(3)16-6-5-7-23(33-30(41)25-17-19(2)43-35-25)28(39)34-24(29(40)32-22)18-20-8-10-21(31)11-9-20/h8-11,13,15,17,22-24H,4-7,12,14,16,18H2,1-3H3,(H,32,40)(H,33,41)(H,34,39)/b15-13+/t22-,23-,24-/m0/s1. The van der Waals surface area contributed by atoms with Crippen molar-refractivity contribution in [3.05, 3.63) is 65.3 Å². The van der Waals surface area contributed by atoms with E-state index in [1.54, 1.807) is 25.8 Å². The average molecular weight is 600 g/mol. The molecule has 0 spiro atoms. The fourth-order valence-electron chi connectivity index (χ4n) is 4.49. The van der Waals surface area contributed by atoms with Gasteiger partial charge in [-0.15, -0.1) is 0 Å². The number of nitrogens with zero attached hydrogens (tertiary/aromatic N) is 2. The fourth-order valence-corrected chi connectivity index (χ4v) is 4.49. The lowest BCUT2D eigenvalue weighted by atomic mass is 10.0. The zero-order valence-electron chi connectivity index (χ0n) is 24.6. The van der Waals surface area contributed by atoms with Crippen LogP contribution in [0.15, 0.2) is 47.0 Å². The van der Waals surface area contributed by atoms with Crippen molar-refractivity contribution >= 4 is 29.6 Å². The molecule has 1 aromatic heterocycles. The van der Waals surface area contributed by atoms with Gasteiger partial charge in [-0.1, -0.05) is 23.4 Å². The molecule has 43 heavy (non-hydrogen) atoms. The number of benzene rings is 1. The van der Waals surface area contributed by atoms with Crippen LogP contribution in [0.4, 0.5) is 4.39 Å². The van der Waals surface area contributed by atoms with Crippen LogP contribution in [0.25, 0.3) is 0 Å². The molecule has 3 rings (SSSR count). The summed E-state index contributed by atoms with van der Waals surface area (Å²) in [5, 5.41) is 11.9. The molecule has 1 saturated heterocycles. The molecule has 2 aromatic rings. The minimum absolute atomic E-state index is 0.00311. The van der Waals surface area contributed by atoms with Crippen molar-refractivity contribution in [2.45, 2.75) is 70.5 Å². The van der Waals surface area contributed by atoms with Gasteiger partial charge in [0, 0.05) is 44.6 Å². The summed E-state index contributed by atoms with van der Waals surface area (Å²) < 4.78 is 23.5. The van der Waals surface area contributed by atoms with Gasteiger partial charge in [0.1, 0.15) is 23.7 Å². The number of aromatic nitrogens is 1. The molecule has 0 saturated carbocycles. The van der Waals surface area contributed by atoms with Gasteiger partial charge in [-0.3, -0.25) is 19.2 Å². The summed E-state index contributed by atoms with van der Waals surface area (Å²) in [6.07, 6.45) is 4.21. The third-order valence-electron chi connectivity index (χ3n) is 6.88. The third-order valence-corrected chi connectivity index (χ3v) is 6.88. The molecule has 3 N–H and O–H groups in total. The SMILES string of the molecule is CCOC(=O)/C=C/[C@@H]1CCC(=O)N(C)CCCC[C@H](NC(=O)c2cc(C)on2)C(=O)N[C@@H](Cc2ccc(F)cc2)C(=O)N1. The summed E-state index contributed by atoms with van der Waals surface area (Å²) >= 11 is 0. The molecule has 232 valence electrons. The first-order valence-electron chi connectivity index (χ1n) is 14.2. The molecule has 3 atom stereocenters. The van der Waals surface area contributed by atoms with Crippen LogP contribution in [0.1, 0.15) is 60.8 Å². The van der Waals surface area contributed by atoms with Crippen molar-refractivity contribution in [2.75, 3.05) is 20.2 Å². The Balaban J connectivity index is 1.90. The predicted molar refractivity (Wildman–Crippen MR) is 153 cm³/mol. The number of nitrogens with one attached hydrogen (secondary N) is 3. The normalized spacial score (nSPS) is 21.0. The van der Waals surface area contributed by atoms with Crippen molar-refractivity contribution < 1.29 is 37.6 Å². The molecule has 0 unspecified atom stereocenters. The number of esters is 1. The Morgan fingerprint density at radius 1 is 1.14 bits per heavy atom. The maximum absolute atomic E-state index is 13.6. The Morgan fingerprint density at radius 3 is 2.56 bits per heavy atom. The highest BCUT2D eigenvalue weighted by molar-refractivity contribution is 5.97. The maximum atomic E-state index is 13.6. The van der Waals surface area contributed by atoms with Gasteiger partial charge in [-0.25, -0.2) is 9.18 Å². The van der Waals surface area contributed by atoms with E-state index < -0.39 is 47.6 Å². The van der Waals surface area contributed by atoms with E-state index in [2.05, 4.69) is 21.1 Å². The van der Waals surface area contributed by atoms with Crippen molar-refractivity contribution in [1.29, 1.82) is 0 Å². The van der Waals surface area contributed by atoms with Crippen LogP contribution in [0.3, 0.4) is 0 Å². The minimum atomic E-state index is -1.13. The minimum Gasteiger partial charge on any atom is -0.463 e. The Hall–Kier alpha value is -4.55. The average Bonchev–Trinajstić information content (AvgIpc) is 3.42. The van der Waals surface area contributed by atoms with Gasteiger partial charge in [0.2, 0.25) is 17.7 Å². The monoisotopic (exact) mass is 599 g/mol. The molecular weight excluding hydrogens is 561 g/mol. The van der Waals surface area contributed by atoms with E-state index in [-0.39, 0.29) is 43.9 Å². The van der Waals surface area contributed by atoms with Crippen LogP contribution in [0, 0.1) is 12.7 Å². The number of hydrogen-bond acceptors (Lipinski definition) is 8. The Bertz CT molecular complexity index is 1310. The number of halogens is 1. The summed E-state index contributed by atoms with van der Waals surface area (Å²) in [5.74, 6) is -2.60. The molecule has 1 aromatic carbocycles. The second-order valence-electron chi connectivity index (χ2n) is 10.3. The number of amides is 4. The molecule has 0 bridgehead atoms. The Labute approximate surface area is 249 Å². The third kappa shape index (κ3) is 10.7. The van der Waals surface area contributed by atoms with Crippen molar-refractivity contribution in [3.63, 3.8) is 0 Å². The number of rotatable bonds is 7. The topological polar surface area (TPSA) is 160 Å². The van der Waals surface area contributed by atoms with Crippen molar-refractivity contribution in [1.82, 2.24) is 26.0 Å². The molecule has 1 fully saturated rings. The summed E-state index contributed by atoms with van der Waals surface area (Å²) in [4.78, 5) is 66.3. The van der Waals surface area contributed by atoms with E-state index in [4.69, 9.17) is 9.26 Å². The van der Waals surface area contributed by atoms with Gasteiger partial charge >= 0.3 is 5.97 Å². The van der Waals surface area contributed by atoms with E-state index in [1.165, 1.54) is 42.5 Å². The molecule has 4 amide bonds. The summed E-state index contributed by atoms with van der Waals surface area (Å²) in [6.45, 7) is 3.89. The number of ether oxygens (including phenoxy) is 1. The smallest absolute Gasteiger partial charge is 0.330 e. The van der Waals surface area contributed by atoms with Crippen LogP contribution in [0.5, 0.6) is 0 Å². The lowest BCUT2D eigenvalue weighted by Gasteiger charge is -2.25. The quantitative estimate of drug-likeness (QED) is 0.322. The van der Waals surface area contributed by atoms with Crippen LogP contribution in [0.2, 0.25) is 0 Å². The van der Waals surface area contributed by atoms with Gasteiger partial charge in [-0.05, 0) is 57.2 Å². The highest BCUT2D eigenvalue weighted by Crippen LogP contribution is 2.12. The zero-order valence-corrected chi connectivity index (χ0v) is 24.6. The lowest BCUT2D eigenvalue weighted by molar-refractivity contribution is -0.137. The van der Waals surface area contributed by atoms with Crippen molar-refractivity contribution in [2.24, 2.45) is 0 Å². The predicted octanol–water partition coefficient (Wildman–Crippen LogP) is 1.97. The fraction of sp³-hybridized carbons (Fsp3) is 0.467. The van der Waals surface area contributed by atoms with Gasteiger partial charge < -0.3 is 30.1 Å². The number of carbonyl (C=O) groups excluding carboxylic acids is 5. The second-order valence-corrected chi connectivity index (χ2v) is 10.3. The Kier molecular flexibility index (Phi) is 12.4. The highest BCUT2D eigenvalue weighted by atomic mass is 19.1. The first-order valence-corrected chi connectivity index (χ1v) is 14.2. The summed E-state index contributed by atoms with van der Waals surface area (Å²) in [6, 6.07) is 4.04. The van der Waals surface area contributed by atoms with E-state index in [0.29, 0.717) is 30.7 Å². The number of hydrogen-bond donors (Lipinski definition) is 3. The van der Waals surface area contributed by atoms with Crippen LogP contribution in [-0.2, 0) is 30.3 Å². The number of carbonyl (C=O) groups is 5. The van der Waals surface area contributed by atoms with Gasteiger partial charge in [-0.2, -0.15) is 0 Å². The molecular formula is C30H38FN5O7. The molecule has 0 aliphatic carbocycles. The molecule has 12 nitrogen and oxygen atoms in total. The maximum Gasteiger partial charge on any atom is 0.330 e. The second kappa shape index (κ2) is 16.2. The van der Waals surface area contributed by atoms with Gasteiger partial charge in [0.25, 0.3) is 5.91 Å². The zero-order chi connectivity index (χ0) is 31.4. The molecule has 0 radical (unpaired) electrons. The number of aryl methyl sites for hydroxylation is 1. The van der Waals surface area contributed by atoms with Gasteiger partial charge in [0.05, 0.1) is 6.61 Å². The summed E-state index contributed by atoms with van der Waals surface area (Å²) in [5.41, 5.74) is 0.581. The first-order chi connectivity index (χ1) is 20.5.